The summed E-state index contributed by atoms with van der Waals surface area (Å²) in [7, 11) is 0. The lowest BCUT2D eigenvalue weighted by atomic mass is 9.87. The standard InChI is InChI=1S/C29H28N6O2S2/c1-29(2,3)20-15-13-19(14-16-20)26(37)30-17-24-33-34-28(35(24)21-9-5-4-6-10-21)38-18-25(36)32-27-31-22-11-7-8-12-23(22)39-27/h4-16H,17-18H2,1-3H3,(H,30,37)(H,31,32,36). The van der Waals surface area contributed by atoms with Crippen molar-refractivity contribution in [2.45, 2.75) is 37.9 Å². The van der Waals surface area contributed by atoms with Gasteiger partial charge in [0, 0.05) is 11.3 Å². The van der Waals surface area contributed by atoms with Gasteiger partial charge in [-0.3, -0.25) is 14.2 Å². The van der Waals surface area contributed by atoms with Crippen molar-refractivity contribution < 1.29 is 9.59 Å². The van der Waals surface area contributed by atoms with E-state index in [2.05, 4.69) is 46.6 Å². The first kappa shape index (κ1) is 26.6. The van der Waals surface area contributed by atoms with Crippen LogP contribution in [0.3, 0.4) is 0 Å². The molecule has 0 atom stereocenters. The summed E-state index contributed by atoms with van der Waals surface area (Å²) in [5.41, 5.74) is 3.45. The Balaban J connectivity index is 1.27. The van der Waals surface area contributed by atoms with E-state index in [-0.39, 0.29) is 29.5 Å². The lowest BCUT2D eigenvalue weighted by Gasteiger charge is -2.19. The molecular formula is C29H28N6O2S2. The summed E-state index contributed by atoms with van der Waals surface area (Å²) < 4.78 is 2.87. The number of nitrogens with one attached hydrogen (secondary N) is 2. The first-order valence-corrected chi connectivity index (χ1v) is 14.2. The minimum atomic E-state index is -0.192. The van der Waals surface area contributed by atoms with Crippen molar-refractivity contribution in [3.8, 4) is 5.69 Å². The van der Waals surface area contributed by atoms with E-state index in [0.717, 1.165) is 21.5 Å². The molecule has 10 heteroatoms. The number of rotatable bonds is 8. The predicted octanol–water partition coefficient (Wildman–Crippen LogP) is 5.84. The Bertz CT molecular complexity index is 1570. The molecule has 0 aliphatic heterocycles. The number of carbonyl (C=O) groups excluding carboxylic acids is 2. The maximum Gasteiger partial charge on any atom is 0.251 e. The third-order valence-corrected chi connectivity index (χ3v) is 7.89. The van der Waals surface area contributed by atoms with Crippen LogP contribution in [0.5, 0.6) is 0 Å². The van der Waals surface area contributed by atoms with Crippen LogP contribution in [-0.4, -0.2) is 37.3 Å². The van der Waals surface area contributed by atoms with Gasteiger partial charge >= 0.3 is 0 Å². The molecule has 5 rings (SSSR count). The maximum atomic E-state index is 12.9. The zero-order valence-corrected chi connectivity index (χ0v) is 23.5. The van der Waals surface area contributed by atoms with Crippen LogP contribution in [0.1, 0.15) is 42.5 Å². The topological polar surface area (TPSA) is 102 Å². The molecule has 5 aromatic rings. The van der Waals surface area contributed by atoms with E-state index in [1.807, 2.05) is 83.4 Å². The molecule has 3 aromatic carbocycles. The maximum absolute atomic E-state index is 12.9. The summed E-state index contributed by atoms with van der Waals surface area (Å²) in [5, 5.41) is 15.6. The summed E-state index contributed by atoms with van der Waals surface area (Å²) in [5.74, 6) is 0.320. The number of fused-ring (bicyclic) bond motifs is 1. The predicted molar refractivity (Wildman–Crippen MR) is 157 cm³/mol. The number of thioether (sulfide) groups is 1. The first-order valence-electron chi connectivity index (χ1n) is 12.4. The third-order valence-electron chi connectivity index (χ3n) is 6.01. The van der Waals surface area contributed by atoms with Crippen molar-refractivity contribution in [1.29, 1.82) is 0 Å². The number of amides is 2. The van der Waals surface area contributed by atoms with Crippen molar-refractivity contribution in [2.24, 2.45) is 0 Å². The first-order chi connectivity index (χ1) is 18.8. The zero-order valence-electron chi connectivity index (χ0n) is 21.8. The molecule has 2 N–H and O–H groups in total. The highest BCUT2D eigenvalue weighted by molar-refractivity contribution is 7.99. The number of para-hydroxylation sites is 2. The second-order valence-electron chi connectivity index (χ2n) is 9.90. The Morgan fingerprint density at radius 2 is 1.64 bits per heavy atom. The van der Waals surface area contributed by atoms with Crippen LogP contribution in [-0.2, 0) is 16.8 Å². The molecular weight excluding hydrogens is 528 g/mol. The van der Waals surface area contributed by atoms with Crippen LogP contribution >= 0.6 is 23.1 Å². The SMILES string of the molecule is CC(C)(C)c1ccc(C(=O)NCc2nnc(SCC(=O)Nc3nc4ccccc4s3)n2-c2ccccc2)cc1. The van der Waals surface area contributed by atoms with Crippen molar-refractivity contribution in [3.05, 3.63) is 95.8 Å². The number of carbonyl (C=O) groups is 2. The molecule has 0 fully saturated rings. The fourth-order valence-electron chi connectivity index (χ4n) is 3.94. The second kappa shape index (κ2) is 11.4. The molecule has 2 amide bonds. The normalized spacial score (nSPS) is 11.5. The quantitative estimate of drug-likeness (QED) is 0.233. The van der Waals surface area contributed by atoms with Gasteiger partial charge in [-0.05, 0) is 47.4 Å². The van der Waals surface area contributed by atoms with Gasteiger partial charge in [-0.25, -0.2) is 4.98 Å². The van der Waals surface area contributed by atoms with Crippen molar-refractivity contribution in [1.82, 2.24) is 25.1 Å². The Labute approximate surface area is 234 Å². The average molecular weight is 557 g/mol. The highest BCUT2D eigenvalue weighted by Crippen LogP contribution is 2.27. The minimum Gasteiger partial charge on any atom is -0.345 e. The van der Waals surface area contributed by atoms with Crippen LogP contribution in [0.15, 0.2) is 84.0 Å². The molecule has 198 valence electrons. The van der Waals surface area contributed by atoms with E-state index in [1.165, 1.54) is 23.1 Å². The van der Waals surface area contributed by atoms with Crippen LogP contribution in [0, 0.1) is 0 Å². The van der Waals surface area contributed by atoms with E-state index in [0.29, 0.717) is 21.7 Å². The number of nitrogens with zero attached hydrogens (tertiary/aromatic N) is 4. The van der Waals surface area contributed by atoms with Gasteiger partial charge < -0.3 is 10.6 Å². The largest absolute Gasteiger partial charge is 0.345 e. The second-order valence-corrected chi connectivity index (χ2v) is 11.9. The van der Waals surface area contributed by atoms with E-state index < -0.39 is 0 Å². The molecule has 0 unspecified atom stereocenters. The lowest BCUT2D eigenvalue weighted by Crippen LogP contribution is -2.25. The third kappa shape index (κ3) is 6.35. The molecule has 0 bridgehead atoms. The van der Waals surface area contributed by atoms with E-state index in [1.54, 1.807) is 0 Å². The molecule has 0 aliphatic rings. The number of hydrogen-bond donors (Lipinski definition) is 2. The fourth-order valence-corrected chi connectivity index (χ4v) is 5.59. The van der Waals surface area contributed by atoms with Crippen LogP contribution in [0.25, 0.3) is 15.9 Å². The highest BCUT2D eigenvalue weighted by atomic mass is 32.2. The lowest BCUT2D eigenvalue weighted by molar-refractivity contribution is -0.113. The summed E-state index contributed by atoms with van der Waals surface area (Å²) in [4.78, 5) is 30.0. The minimum absolute atomic E-state index is 0.0144. The molecule has 2 heterocycles. The average Bonchev–Trinajstić information content (AvgIpc) is 3.53. The van der Waals surface area contributed by atoms with Gasteiger partial charge in [-0.2, -0.15) is 0 Å². The summed E-state index contributed by atoms with van der Waals surface area (Å²) in [6.45, 7) is 6.59. The van der Waals surface area contributed by atoms with Gasteiger partial charge in [0.2, 0.25) is 5.91 Å². The molecule has 39 heavy (non-hydrogen) atoms. The smallest absolute Gasteiger partial charge is 0.251 e. The fraction of sp³-hybridized carbons (Fsp3) is 0.207. The number of hydrogen-bond acceptors (Lipinski definition) is 7. The molecule has 0 spiro atoms. The number of anilines is 1. The van der Waals surface area contributed by atoms with Gasteiger partial charge in [-0.1, -0.05) is 86.3 Å². The highest BCUT2D eigenvalue weighted by Gasteiger charge is 2.18. The Hall–Kier alpha value is -4.02. The number of thiazole rings is 1. The van der Waals surface area contributed by atoms with Crippen molar-refractivity contribution in [2.75, 3.05) is 11.1 Å². The molecule has 2 aromatic heterocycles. The van der Waals surface area contributed by atoms with E-state index in [4.69, 9.17) is 0 Å². The van der Waals surface area contributed by atoms with Gasteiger partial charge in [0.15, 0.2) is 16.1 Å². The Morgan fingerprint density at radius 1 is 0.923 bits per heavy atom. The molecule has 0 radical (unpaired) electrons. The van der Waals surface area contributed by atoms with Crippen LogP contribution < -0.4 is 10.6 Å². The van der Waals surface area contributed by atoms with Crippen LogP contribution in [0.4, 0.5) is 5.13 Å². The zero-order chi connectivity index (χ0) is 27.4. The summed E-state index contributed by atoms with van der Waals surface area (Å²) >= 11 is 2.71. The molecule has 0 saturated heterocycles. The monoisotopic (exact) mass is 556 g/mol. The molecule has 0 aliphatic carbocycles. The van der Waals surface area contributed by atoms with E-state index >= 15 is 0 Å². The van der Waals surface area contributed by atoms with Gasteiger partial charge in [0.05, 0.1) is 22.5 Å². The van der Waals surface area contributed by atoms with Gasteiger partial charge in [-0.15, -0.1) is 10.2 Å². The molecule has 0 saturated carbocycles. The van der Waals surface area contributed by atoms with Crippen molar-refractivity contribution in [3.63, 3.8) is 0 Å². The number of benzene rings is 3. The summed E-state index contributed by atoms with van der Waals surface area (Å²) in [6, 6.07) is 25.0. The molecule has 8 nitrogen and oxygen atoms in total. The Kier molecular flexibility index (Phi) is 7.76. The Morgan fingerprint density at radius 3 is 2.36 bits per heavy atom. The summed E-state index contributed by atoms with van der Waals surface area (Å²) in [6.07, 6.45) is 0. The van der Waals surface area contributed by atoms with Gasteiger partial charge in [0.25, 0.3) is 5.91 Å². The van der Waals surface area contributed by atoms with Crippen molar-refractivity contribution >= 4 is 50.3 Å². The van der Waals surface area contributed by atoms with Crippen LogP contribution in [0.2, 0.25) is 0 Å². The number of aromatic nitrogens is 4. The van der Waals surface area contributed by atoms with E-state index in [9.17, 15) is 9.59 Å². The van der Waals surface area contributed by atoms with Gasteiger partial charge in [0.1, 0.15) is 0 Å².